The van der Waals surface area contributed by atoms with Crippen LogP contribution in [0, 0.1) is 0 Å². The lowest BCUT2D eigenvalue weighted by Gasteiger charge is -2.23. The van der Waals surface area contributed by atoms with E-state index in [0.29, 0.717) is 11.6 Å². The number of hydrogen-bond acceptors (Lipinski definition) is 5. The van der Waals surface area contributed by atoms with Crippen molar-refractivity contribution in [3.05, 3.63) is 35.2 Å². The van der Waals surface area contributed by atoms with Crippen LogP contribution in [0.3, 0.4) is 0 Å². The van der Waals surface area contributed by atoms with E-state index >= 15 is 0 Å². The summed E-state index contributed by atoms with van der Waals surface area (Å²) in [5, 5.41) is 14.8. The summed E-state index contributed by atoms with van der Waals surface area (Å²) in [7, 11) is 0. The smallest absolute Gasteiger partial charge is 0.318 e. The normalized spacial score (nSPS) is 17.1. The summed E-state index contributed by atoms with van der Waals surface area (Å²) in [6, 6.07) is 5.46. The summed E-state index contributed by atoms with van der Waals surface area (Å²) in [4.78, 5) is 22.4. The Bertz CT molecular complexity index is 897. The molecular weight excluding hydrogens is 374 g/mol. The quantitative estimate of drug-likeness (QED) is 0.458. The lowest BCUT2D eigenvalue weighted by Crippen LogP contribution is -2.40. The Balaban J connectivity index is 1.38. The van der Waals surface area contributed by atoms with E-state index in [4.69, 9.17) is 11.6 Å². The summed E-state index contributed by atoms with van der Waals surface area (Å²) in [5.41, 5.74) is 1.75. The summed E-state index contributed by atoms with van der Waals surface area (Å²) >= 11 is 7.58. The molecule has 0 spiro atoms. The summed E-state index contributed by atoms with van der Waals surface area (Å²) in [5.74, 6) is 1.55. The Morgan fingerprint density at radius 1 is 1.46 bits per heavy atom. The van der Waals surface area contributed by atoms with Crippen LogP contribution in [0.1, 0.15) is 24.7 Å². The van der Waals surface area contributed by atoms with Gasteiger partial charge >= 0.3 is 6.03 Å². The van der Waals surface area contributed by atoms with Crippen LogP contribution in [0.5, 0.6) is 0 Å². The molecule has 3 N–H and O–H groups in total. The Morgan fingerprint density at radius 2 is 2.38 bits per heavy atom. The van der Waals surface area contributed by atoms with E-state index in [1.807, 2.05) is 23.1 Å². The number of likely N-dealkylation sites (tertiary alicyclic amines) is 1. The van der Waals surface area contributed by atoms with Gasteiger partial charge in [-0.1, -0.05) is 11.6 Å². The van der Waals surface area contributed by atoms with Crippen molar-refractivity contribution in [2.24, 2.45) is 0 Å². The molecule has 0 aliphatic carbocycles. The third kappa shape index (κ3) is 3.63. The molecule has 4 rings (SSSR count). The number of imidazole rings is 1. The largest absolute Gasteiger partial charge is 0.340 e. The molecule has 1 aliphatic rings. The molecule has 2 amide bonds. The van der Waals surface area contributed by atoms with Crippen LogP contribution in [0.25, 0.3) is 11.0 Å². The molecule has 26 heavy (non-hydrogen) atoms. The molecule has 0 bridgehead atoms. The van der Waals surface area contributed by atoms with Gasteiger partial charge in [0.1, 0.15) is 10.9 Å². The number of thioether (sulfide) groups is 1. The lowest BCUT2D eigenvalue weighted by atomic mass is 10.2. The van der Waals surface area contributed by atoms with Gasteiger partial charge in [-0.15, -0.1) is 16.9 Å². The Hall–Kier alpha value is -2.26. The lowest BCUT2D eigenvalue weighted by molar-refractivity contribution is 0.192. The molecule has 1 saturated heterocycles. The highest BCUT2D eigenvalue weighted by Gasteiger charge is 2.32. The van der Waals surface area contributed by atoms with Crippen molar-refractivity contribution in [2.75, 3.05) is 18.8 Å². The molecule has 136 valence electrons. The number of carbonyl (C=O) groups is 1. The maximum absolute atomic E-state index is 12.6. The van der Waals surface area contributed by atoms with Gasteiger partial charge in [0.2, 0.25) is 0 Å². The molecule has 1 atom stereocenters. The average Bonchev–Trinajstić information content (AvgIpc) is 3.37. The first-order valence-electron chi connectivity index (χ1n) is 8.39. The molecule has 8 nitrogen and oxygen atoms in total. The molecule has 0 radical (unpaired) electrons. The highest BCUT2D eigenvalue weighted by atomic mass is 35.5. The van der Waals surface area contributed by atoms with Gasteiger partial charge in [-0.2, -0.15) is 10.3 Å². The minimum atomic E-state index is -0.0632. The molecule has 0 saturated carbocycles. The van der Waals surface area contributed by atoms with Gasteiger partial charge in [-0.3, -0.25) is 0 Å². The highest BCUT2D eigenvalue weighted by molar-refractivity contribution is 7.99. The maximum Gasteiger partial charge on any atom is 0.318 e. The fourth-order valence-corrected chi connectivity index (χ4v) is 3.95. The van der Waals surface area contributed by atoms with E-state index in [1.165, 1.54) is 0 Å². The molecule has 3 heterocycles. The zero-order valence-corrected chi connectivity index (χ0v) is 15.5. The monoisotopic (exact) mass is 391 g/mol. The van der Waals surface area contributed by atoms with Crippen LogP contribution in [-0.4, -0.2) is 55.2 Å². The minimum Gasteiger partial charge on any atom is -0.340 e. The molecular formula is C16H18ClN7OS. The van der Waals surface area contributed by atoms with E-state index in [1.54, 1.807) is 18.0 Å². The number of urea groups is 1. The van der Waals surface area contributed by atoms with Gasteiger partial charge in [0.15, 0.2) is 0 Å². The fraction of sp³-hybridized carbons (Fsp3) is 0.375. The van der Waals surface area contributed by atoms with Crippen molar-refractivity contribution in [2.45, 2.75) is 23.9 Å². The second kappa shape index (κ2) is 7.55. The SMILES string of the molecule is O=C(NCCSc1cn[nH]n1)N1CCC[C@@H]1c1nc2ccc(Cl)cc2[nH]1. The van der Waals surface area contributed by atoms with Crippen molar-refractivity contribution < 1.29 is 4.79 Å². The third-order valence-electron chi connectivity index (χ3n) is 4.31. The topological polar surface area (TPSA) is 103 Å². The Kier molecular flexibility index (Phi) is 4.98. The van der Waals surface area contributed by atoms with Gasteiger partial charge in [-0.05, 0) is 31.0 Å². The van der Waals surface area contributed by atoms with E-state index in [2.05, 4.69) is 30.7 Å². The van der Waals surface area contributed by atoms with Crippen LogP contribution >= 0.6 is 23.4 Å². The van der Waals surface area contributed by atoms with Crippen molar-refractivity contribution in [3.63, 3.8) is 0 Å². The summed E-state index contributed by atoms with van der Waals surface area (Å²) in [6.45, 7) is 1.29. The number of benzene rings is 1. The number of nitrogens with zero attached hydrogens (tertiary/aromatic N) is 4. The number of rotatable bonds is 5. The van der Waals surface area contributed by atoms with Gasteiger partial charge in [0.05, 0.1) is 23.3 Å². The zero-order valence-electron chi connectivity index (χ0n) is 13.9. The first-order chi connectivity index (χ1) is 12.7. The Morgan fingerprint density at radius 3 is 3.23 bits per heavy atom. The number of aromatic amines is 2. The molecule has 1 fully saturated rings. The summed E-state index contributed by atoms with van der Waals surface area (Å²) in [6.07, 6.45) is 3.52. The minimum absolute atomic E-state index is 0.0376. The van der Waals surface area contributed by atoms with Crippen LogP contribution < -0.4 is 5.32 Å². The van der Waals surface area contributed by atoms with Crippen LogP contribution in [0.4, 0.5) is 4.79 Å². The highest BCUT2D eigenvalue weighted by Crippen LogP contribution is 2.31. The number of hydrogen-bond donors (Lipinski definition) is 3. The van der Waals surface area contributed by atoms with Crippen molar-refractivity contribution in [1.82, 2.24) is 35.6 Å². The molecule has 0 unspecified atom stereocenters. The van der Waals surface area contributed by atoms with Gasteiger partial charge in [0.25, 0.3) is 0 Å². The number of fused-ring (bicyclic) bond motifs is 1. The predicted octanol–water partition coefficient (Wildman–Crippen LogP) is 2.97. The number of amides is 2. The first kappa shape index (κ1) is 17.2. The van der Waals surface area contributed by atoms with Crippen molar-refractivity contribution in [3.8, 4) is 0 Å². The van der Waals surface area contributed by atoms with Gasteiger partial charge < -0.3 is 15.2 Å². The van der Waals surface area contributed by atoms with Crippen molar-refractivity contribution >= 4 is 40.4 Å². The number of aromatic nitrogens is 5. The molecule has 3 aromatic rings. The van der Waals surface area contributed by atoms with E-state index in [-0.39, 0.29) is 12.1 Å². The average molecular weight is 392 g/mol. The Labute approximate surface area is 159 Å². The van der Waals surface area contributed by atoms with E-state index in [0.717, 1.165) is 47.0 Å². The number of nitrogens with one attached hydrogen (secondary N) is 3. The predicted molar refractivity (Wildman–Crippen MR) is 100 cm³/mol. The maximum atomic E-state index is 12.6. The fourth-order valence-electron chi connectivity index (χ4n) is 3.13. The third-order valence-corrected chi connectivity index (χ3v) is 5.45. The van der Waals surface area contributed by atoms with Gasteiger partial charge in [-0.25, -0.2) is 9.78 Å². The second-order valence-electron chi connectivity index (χ2n) is 6.02. The van der Waals surface area contributed by atoms with Crippen LogP contribution in [0.15, 0.2) is 29.4 Å². The zero-order chi connectivity index (χ0) is 17.9. The summed E-state index contributed by atoms with van der Waals surface area (Å²) < 4.78 is 0. The molecule has 2 aromatic heterocycles. The van der Waals surface area contributed by atoms with Crippen LogP contribution in [0.2, 0.25) is 5.02 Å². The van der Waals surface area contributed by atoms with E-state index < -0.39 is 0 Å². The number of halogens is 1. The van der Waals surface area contributed by atoms with Crippen molar-refractivity contribution in [1.29, 1.82) is 0 Å². The van der Waals surface area contributed by atoms with E-state index in [9.17, 15) is 4.79 Å². The molecule has 10 heteroatoms. The second-order valence-corrected chi connectivity index (χ2v) is 7.58. The van der Waals surface area contributed by atoms with Crippen LogP contribution in [-0.2, 0) is 0 Å². The molecule has 1 aromatic carbocycles. The number of carbonyl (C=O) groups excluding carboxylic acids is 1. The van der Waals surface area contributed by atoms with Gasteiger partial charge in [0, 0.05) is 23.9 Å². The molecule has 1 aliphatic heterocycles. The first-order valence-corrected chi connectivity index (χ1v) is 9.75. The standard InChI is InChI=1S/C16H18ClN7OS/c17-10-3-4-11-12(8-10)21-15(20-11)13-2-1-6-24(13)16(25)18-5-7-26-14-9-19-23-22-14/h3-4,8-9,13H,1-2,5-7H2,(H,18,25)(H,20,21)(H,19,22,23)/t13-/m1/s1. The number of H-pyrrole nitrogens is 2.